The molecule has 0 saturated carbocycles. The first-order valence-corrected chi connectivity index (χ1v) is 8.84. The smallest absolute Gasteiger partial charge is 0.231 e. The van der Waals surface area contributed by atoms with Crippen LogP contribution in [0.1, 0.15) is 36.9 Å². The second kappa shape index (κ2) is 6.13. The number of H-pyrrole nitrogens is 1. The van der Waals surface area contributed by atoms with Crippen LogP contribution in [0.5, 0.6) is 0 Å². The summed E-state index contributed by atoms with van der Waals surface area (Å²) in [6.07, 6.45) is 5.53. The number of carbonyl (C=O) groups is 1. The molecular weight excluding hydrogens is 310 g/mol. The third-order valence-electron chi connectivity index (χ3n) is 5.99. The van der Waals surface area contributed by atoms with Gasteiger partial charge in [-0.15, -0.1) is 0 Å². The second-order valence-corrected chi connectivity index (χ2v) is 7.21. The van der Waals surface area contributed by atoms with Gasteiger partial charge < -0.3 is 19.5 Å². The number of fused-ring (bicyclic) bond motifs is 2. The lowest BCUT2D eigenvalue weighted by Crippen LogP contribution is -2.54. The van der Waals surface area contributed by atoms with Crippen LogP contribution in [0.3, 0.4) is 0 Å². The molecule has 0 aromatic carbocycles. The summed E-state index contributed by atoms with van der Waals surface area (Å²) >= 11 is 0. The van der Waals surface area contributed by atoms with E-state index in [9.17, 15) is 9.90 Å². The number of carbonyl (C=O) groups excluding carboxylic acids is 1. The number of amides is 1. The van der Waals surface area contributed by atoms with Crippen LogP contribution >= 0.6 is 0 Å². The van der Waals surface area contributed by atoms with Gasteiger partial charge in [0, 0.05) is 26.3 Å². The number of aliphatic hydroxyl groups is 1. The lowest BCUT2D eigenvalue weighted by atomic mass is 9.78. The predicted octanol–water partition coefficient (Wildman–Crippen LogP) is 0.589. The Kier molecular flexibility index (Phi) is 4.10. The number of nitrogens with one attached hydrogen (secondary N) is 1. The van der Waals surface area contributed by atoms with Gasteiger partial charge in [0.25, 0.3) is 0 Å². The number of aliphatic hydroxyl groups excluding tert-OH is 1. The van der Waals surface area contributed by atoms with Crippen molar-refractivity contribution in [3.05, 3.63) is 17.5 Å². The first-order chi connectivity index (χ1) is 11.7. The number of ether oxygens (including phenoxy) is 2. The average molecular weight is 335 g/mol. The Hall–Kier alpha value is -1.44. The number of nitrogens with zero attached hydrogens (tertiary/aromatic N) is 2. The zero-order valence-electron chi connectivity index (χ0n) is 13.9. The lowest BCUT2D eigenvalue weighted by Gasteiger charge is -2.46. The molecule has 132 valence electrons. The van der Waals surface area contributed by atoms with Crippen LogP contribution in [0, 0.1) is 5.41 Å². The van der Waals surface area contributed by atoms with E-state index in [0.717, 1.165) is 25.0 Å². The van der Waals surface area contributed by atoms with Gasteiger partial charge in [-0.3, -0.25) is 9.89 Å². The Bertz CT molecular complexity index is 601. The van der Waals surface area contributed by atoms with Crippen molar-refractivity contribution in [1.29, 1.82) is 0 Å². The van der Waals surface area contributed by atoms with Crippen molar-refractivity contribution >= 4 is 5.91 Å². The van der Waals surface area contributed by atoms with E-state index in [4.69, 9.17) is 9.47 Å². The summed E-state index contributed by atoms with van der Waals surface area (Å²) in [6, 6.07) is 0. The van der Waals surface area contributed by atoms with Gasteiger partial charge in [-0.1, -0.05) is 0 Å². The fourth-order valence-electron chi connectivity index (χ4n) is 4.33. The minimum Gasteiger partial charge on any atom is -0.395 e. The average Bonchev–Trinajstić information content (AvgIpc) is 3.13. The van der Waals surface area contributed by atoms with Crippen molar-refractivity contribution in [2.45, 2.75) is 37.7 Å². The number of hydrogen-bond donors (Lipinski definition) is 2. The number of aromatic amines is 1. The summed E-state index contributed by atoms with van der Waals surface area (Å²) in [4.78, 5) is 14.9. The van der Waals surface area contributed by atoms with Crippen LogP contribution in [0.4, 0.5) is 0 Å². The third kappa shape index (κ3) is 2.46. The van der Waals surface area contributed by atoms with Gasteiger partial charge in [-0.25, -0.2) is 0 Å². The van der Waals surface area contributed by atoms with E-state index < -0.39 is 5.41 Å². The number of piperidine rings is 1. The predicted molar refractivity (Wildman–Crippen MR) is 85.3 cm³/mol. The largest absolute Gasteiger partial charge is 0.395 e. The highest BCUT2D eigenvalue weighted by Gasteiger charge is 2.47. The lowest BCUT2D eigenvalue weighted by molar-refractivity contribution is -0.159. The van der Waals surface area contributed by atoms with Gasteiger partial charge in [-0.2, -0.15) is 5.10 Å². The molecular formula is C17H25N3O4. The van der Waals surface area contributed by atoms with E-state index in [1.807, 2.05) is 11.1 Å². The van der Waals surface area contributed by atoms with Gasteiger partial charge in [0.1, 0.15) is 5.60 Å². The van der Waals surface area contributed by atoms with Crippen molar-refractivity contribution in [2.75, 3.05) is 39.5 Å². The van der Waals surface area contributed by atoms with E-state index in [0.29, 0.717) is 45.8 Å². The second-order valence-electron chi connectivity index (χ2n) is 7.21. The monoisotopic (exact) mass is 335 g/mol. The zero-order chi connectivity index (χ0) is 16.6. The van der Waals surface area contributed by atoms with E-state index in [-0.39, 0.29) is 18.1 Å². The Morgan fingerprint density at radius 3 is 2.71 bits per heavy atom. The summed E-state index contributed by atoms with van der Waals surface area (Å²) in [7, 11) is 0. The molecule has 4 heterocycles. The van der Waals surface area contributed by atoms with E-state index >= 15 is 0 Å². The molecule has 3 aliphatic heterocycles. The van der Waals surface area contributed by atoms with Crippen molar-refractivity contribution in [1.82, 2.24) is 15.1 Å². The molecule has 4 rings (SSSR count). The Morgan fingerprint density at radius 1 is 1.25 bits per heavy atom. The molecule has 24 heavy (non-hydrogen) atoms. The van der Waals surface area contributed by atoms with Crippen LogP contribution in [-0.2, 0) is 26.3 Å². The Morgan fingerprint density at radius 2 is 2.00 bits per heavy atom. The zero-order valence-corrected chi connectivity index (χ0v) is 13.9. The van der Waals surface area contributed by atoms with Crippen molar-refractivity contribution in [3.63, 3.8) is 0 Å². The van der Waals surface area contributed by atoms with Crippen molar-refractivity contribution in [3.8, 4) is 0 Å². The molecule has 0 bridgehead atoms. The van der Waals surface area contributed by atoms with Gasteiger partial charge in [0.05, 0.1) is 30.5 Å². The minimum atomic E-state index is -0.657. The quantitative estimate of drug-likeness (QED) is 0.826. The van der Waals surface area contributed by atoms with E-state index in [2.05, 4.69) is 10.2 Å². The van der Waals surface area contributed by atoms with Crippen molar-refractivity contribution < 1.29 is 19.4 Å². The fourth-order valence-corrected chi connectivity index (χ4v) is 4.33. The number of aromatic nitrogens is 2. The first-order valence-electron chi connectivity index (χ1n) is 8.84. The van der Waals surface area contributed by atoms with Crippen molar-refractivity contribution in [2.24, 2.45) is 5.41 Å². The normalized spacial score (nSPS) is 25.5. The van der Waals surface area contributed by atoms with Gasteiger partial charge in [0.2, 0.25) is 5.91 Å². The summed E-state index contributed by atoms with van der Waals surface area (Å²) in [6.45, 7) is 3.01. The standard InChI is InChI=1S/C17H25N3O4/c21-12-16(4-9-23-10-5-16)15(22)20-6-2-17(3-7-20)14-13(1-8-24-17)11-18-19-14/h11,21H,1-10,12H2,(H,18,19). The number of rotatable bonds is 2. The van der Waals surface area contributed by atoms with E-state index in [1.165, 1.54) is 5.56 Å². The summed E-state index contributed by atoms with van der Waals surface area (Å²) in [5.41, 5.74) is 1.33. The van der Waals surface area contributed by atoms with Gasteiger partial charge >= 0.3 is 0 Å². The van der Waals surface area contributed by atoms with Crippen LogP contribution in [-0.4, -0.2) is 65.6 Å². The molecule has 0 aliphatic carbocycles. The molecule has 7 nitrogen and oxygen atoms in total. The maximum Gasteiger partial charge on any atom is 0.231 e. The maximum atomic E-state index is 13.0. The minimum absolute atomic E-state index is 0.0730. The van der Waals surface area contributed by atoms with Gasteiger partial charge in [-0.05, 0) is 37.7 Å². The first kappa shape index (κ1) is 16.1. The molecule has 0 radical (unpaired) electrons. The number of hydrogen-bond acceptors (Lipinski definition) is 5. The molecule has 1 aromatic heterocycles. The topological polar surface area (TPSA) is 87.7 Å². The van der Waals surface area contributed by atoms with Crippen LogP contribution in [0.2, 0.25) is 0 Å². The van der Waals surface area contributed by atoms with Gasteiger partial charge in [0.15, 0.2) is 0 Å². The molecule has 2 saturated heterocycles. The molecule has 1 amide bonds. The highest BCUT2D eigenvalue weighted by molar-refractivity contribution is 5.83. The van der Waals surface area contributed by atoms with E-state index in [1.54, 1.807) is 0 Å². The Labute approximate surface area is 141 Å². The summed E-state index contributed by atoms with van der Waals surface area (Å²) < 4.78 is 11.5. The highest BCUT2D eigenvalue weighted by Crippen LogP contribution is 2.41. The Balaban J connectivity index is 1.48. The molecule has 2 fully saturated rings. The number of likely N-dealkylation sites (tertiary alicyclic amines) is 1. The maximum absolute atomic E-state index is 13.0. The molecule has 1 aromatic rings. The molecule has 2 N–H and O–H groups in total. The molecule has 0 unspecified atom stereocenters. The molecule has 0 atom stereocenters. The SMILES string of the molecule is O=C(N1CCC2(CC1)OCCc1cn[nH]c12)C1(CO)CCOCC1. The van der Waals surface area contributed by atoms with Crippen LogP contribution < -0.4 is 0 Å². The molecule has 1 spiro atoms. The molecule has 7 heteroatoms. The van der Waals surface area contributed by atoms with Crippen LogP contribution in [0.15, 0.2) is 6.20 Å². The molecule has 3 aliphatic rings. The van der Waals surface area contributed by atoms with Crippen LogP contribution in [0.25, 0.3) is 0 Å². The fraction of sp³-hybridized carbons (Fsp3) is 0.765. The summed E-state index contributed by atoms with van der Waals surface area (Å²) in [5, 5.41) is 17.1. The third-order valence-corrected chi connectivity index (χ3v) is 5.99. The summed E-state index contributed by atoms with van der Waals surface area (Å²) in [5.74, 6) is 0.0730. The highest BCUT2D eigenvalue weighted by atomic mass is 16.5.